The molecule has 0 amide bonds. The summed E-state index contributed by atoms with van der Waals surface area (Å²) in [5.74, 6) is 0.137. The van der Waals surface area contributed by atoms with Gasteiger partial charge in [0.2, 0.25) is 0 Å². The largest absolute Gasteiger partial charge is 0.299 e. The summed E-state index contributed by atoms with van der Waals surface area (Å²) >= 11 is 11.8. The second-order valence-corrected chi connectivity index (χ2v) is 5.55. The fourth-order valence-corrected chi connectivity index (χ4v) is 2.48. The summed E-state index contributed by atoms with van der Waals surface area (Å²) in [4.78, 5) is 12.1. The van der Waals surface area contributed by atoms with Gasteiger partial charge in [-0.3, -0.25) is 9.48 Å². The Balaban J connectivity index is 2.06. The Labute approximate surface area is 128 Å². The van der Waals surface area contributed by atoms with E-state index in [1.165, 1.54) is 0 Å². The Bertz CT molecular complexity index is 635. The number of aromatic nitrogens is 2. The van der Waals surface area contributed by atoms with Crippen molar-refractivity contribution in [1.29, 1.82) is 0 Å². The molecule has 0 radical (unpaired) electrons. The normalized spacial score (nSPS) is 10.8. The highest BCUT2D eigenvalue weighted by atomic mass is 35.5. The molecule has 1 aromatic heterocycles. The third-order valence-corrected chi connectivity index (χ3v) is 3.79. The standard InChI is InChI=1S/C15H16Cl2N2O/c1-3-19-12(6-10(2)18-19)9-13(20)7-11-4-5-14(16)15(17)8-11/h4-6,8H,3,7,9H2,1-2H3. The summed E-state index contributed by atoms with van der Waals surface area (Å²) < 4.78 is 1.86. The molecule has 0 saturated heterocycles. The smallest absolute Gasteiger partial charge is 0.143 e. The number of halogens is 2. The molecule has 0 N–H and O–H groups in total. The van der Waals surface area contributed by atoms with Gasteiger partial charge >= 0.3 is 0 Å². The lowest BCUT2D eigenvalue weighted by atomic mass is 10.1. The molecule has 1 aromatic carbocycles. The van der Waals surface area contributed by atoms with Gasteiger partial charge in [0, 0.05) is 25.1 Å². The molecular weight excluding hydrogens is 295 g/mol. The van der Waals surface area contributed by atoms with Crippen LogP contribution in [0.5, 0.6) is 0 Å². The number of benzene rings is 1. The van der Waals surface area contributed by atoms with Gasteiger partial charge in [-0.05, 0) is 37.6 Å². The van der Waals surface area contributed by atoms with Crippen LogP contribution < -0.4 is 0 Å². The summed E-state index contributed by atoms with van der Waals surface area (Å²) in [6.07, 6.45) is 0.736. The van der Waals surface area contributed by atoms with Crippen LogP contribution in [0.2, 0.25) is 10.0 Å². The summed E-state index contributed by atoms with van der Waals surface area (Å²) in [7, 11) is 0. The molecule has 5 heteroatoms. The number of hydrogen-bond acceptors (Lipinski definition) is 2. The molecular formula is C15H16Cl2N2O. The van der Waals surface area contributed by atoms with E-state index < -0.39 is 0 Å². The van der Waals surface area contributed by atoms with Crippen molar-refractivity contribution in [2.24, 2.45) is 0 Å². The van der Waals surface area contributed by atoms with Crippen molar-refractivity contribution in [2.75, 3.05) is 0 Å². The van der Waals surface area contributed by atoms with Gasteiger partial charge in [0.1, 0.15) is 5.78 Å². The molecule has 0 fully saturated rings. The maximum absolute atomic E-state index is 12.1. The number of ketones is 1. The molecule has 0 aliphatic rings. The minimum atomic E-state index is 0.137. The van der Waals surface area contributed by atoms with Gasteiger partial charge < -0.3 is 0 Å². The van der Waals surface area contributed by atoms with E-state index in [0.717, 1.165) is 23.5 Å². The molecule has 0 spiro atoms. The fraction of sp³-hybridized carbons (Fsp3) is 0.333. The van der Waals surface area contributed by atoms with Crippen molar-refractivity contribution < 1.29 is 4.79 Å². The monoisotopic (exact) mass is 310 g/mol. The first-order valence-electron chi connectivity index (χ1n) is 6.48. The van der Waals surface area contributed by atoms with Gasteiger partial charge in [-0.2, -0.15) is 5.10 Å². The second-order valence-electron chi connectivity index (χ2n) is 4.73. The Morgan fingerprint density at radius 2 is 1.95 bits per heavy atom. The zero-order valence-corrected chi connectivity index (χ0v) is 13.0. The molecule has 0 bridgehead atoms. The third kappa shape index (κ3) is 3.62. The number of rotatable bonds is 5. The molecule has 0 unspecified atom stereocenters. The number of hydrogen-bond donors (Lipinski definition) is 0. The first kappa shape index (κ1) is 15.1. The minimum absolute atomic E-state index is 0.137. The summed E-state index contributed by atoms with van der Waals surface area (Å²) in [5, 5.41) is 5.32. The van der Waals surface area contributed by atoms with Crippen LogP contribution in [0.1, 0.15) is 23.9 Å². The highest BCUT2D eigenvalue weighted by Gasteiger charge is 2.11. The van der Waals surface area contributed by atoms with Crippen LogP contribution >= 0.6 is 23.2 Å². The van der Waals surface area contributed by atoms with Crippen molar-refractivity contribution in [3.63, 3.8) is 0 Å². The number of Topliss-reactive ketones (excluding diaryl/α,β-unsaturated/α-hetero) is 1. The van der Waals surface area contributed by atoms with Gasteiger partial charge in [0.25, 0.3) is 0 Å². The van der Waals surface area contributed by atoms with Crippen molar-refractivity contribution in [2.45, 2.75) is 33.2 Å². The molecule has 0 aliphatic carbocycles. The van der Waals surface area contributed by atoms with Gasteiger partial charge in [0.15, 0.2) is 0 Å². The molecule has 106 valence electrons. The van der Waals surface area contributed by atoms with Crippen LogP contribution in [0.4, 0.5) is 0 Å². The first-order chi connectivity index (χ1) is 9.49. The number of carbonyl (C=O) groups is 1. The van der Waals surface area contributed by atoms with Crippen LogP contribution in [0.15, 0.2) is 24.3 Å². The van der Waals surface area contributed by atoms with Gasteiger partial charge in [-0.15, -0.1) is 0 Å². The van der Waals surface area contributed by atoms with Crippen LogP contribution in [-0.4, -0.2) is 15.6 Å². The SMILES string of the molecule is CCn1nc(C)cc1CC(=O)Cc1ccc(Cl)c(Cl)c1. The Hall–Kier alpha value is -1.32. The lowest BCUT2D eigenvalue weighted by Gasteiger charge is -2.05. The van der Waals surface area contributed by atoms with E-state index in [0.29, 0.717) is 22.9 Å². The second kappa shape index (κ2) is 6.42. The minimum Gasteiger partial charge on any atom is -0.299 e. The first-order valence-corrected chi connectivity index (χ1v) is 7.24. The quantitative estimate of drug-likeness (QED) is 0.840. The van der Waals surface area contributed by atoms with E-state index in [-0.39, 0.29) is 5.78 Å². The topological polar surface area (TPSA) is 34.9 Å². The Morgan fingerprint density at radius 3 is 2.60 bits per heavy atom. The molecule has 20 heavy (non-hydrogen) atoms. The van der Waals surface area contributed by atoms with Gasteiger partial charge in [-0.1, -0.05) is 29.3 Å². The van der Waals surface area contributed by atoms with Crippen molar-refractivity contribution in [3.05, 3.63) is 51.3 Å². The van der Waals surface area contributed by atoms with E-state index >= 15 is 0 Å². The Morgan fingerprint density at radius 1 is 1.20 bits per heavy atom. The number of aryl methyl sites for hydroxylation is 2. The molecule has 1 heterocycles. The average Bonchev–Trinajstić information content (AvgIpc) is 2.74. The zero-order valence-electron chi connectivity index (χ0n) is 11.5. The molecule has 0 saturated carbocycles. The lowest BCUT2D eigenvalue weighted by Crippen LogP contribution is -2.11. The fourth-order valence-electron chi connectivity index (χ4n) is 2.16. The number of carbonyl (C=O) groups excluding carboxylic acids is 1. The maximum Gasteiger partial charge on any atom is 0.143 e. The predicted octanol–water partition coefficient (Wildman–Crippen LogP) is 3.87. The molecule has 2 aromatic rings. The summed E-state index contributed by atoms with van der Waals surface area (Å²) in [5.41, 5.74) is 2.77. The highest BCUT2D eigenvalue weighted by molar-refractivity contribution is 6.42. The predicted molar refractivity (Wildman–Crippen MR) is 81.5 cm³/mol. The van der Waals surface area contributed by atoms with Gasteiger partial charge in [0.05, 0.1) is 15.7 Å². The van der Waals surface area contributed by atoms with E-state index in [4.69, 9.17) is 23.2 Å². The summed E-state index contributed by atoms with van der Waals surface area (Å²) in [6, 6.07) is 7.24. The van der Waals surface area contributed by atoms with Crippen molar-refractivity contribution >= 4 is 29.0 Å². The van der Waals surface area contributed by atoms with Crippen LogP contribution in [0, 0.1) is 6.92 Å². The van der Waals surface area contributed by atoms with Gasteiger partial charge in [-0.25, -0.2) is 0 Å². The van der Waals surface area contributed by atoms with Crippen molar-refractivity contribution in [3.8, 4) is 0 Å². The number of nitrogens with zero attached hydrogens (tertiary/aromatic N) is 2. The maximum atomic E-state index is 12.1. The van der Waals surface area contributed by atoms with Crippen LogP contribution in [-0.2, 0) is 24.2 Å². The average molecular weight is 311 g/mol. The molecule has 3 nitrogen and oxygen atoms in total. The summed E-state index contributed by atoms with van der Waals surface area (Å²) in [6.45, 7) is 4.71. The van der Waals surface area contributed by atoms with Crippen LogP contribution in [0.3, 0.4) is 0 Å². The van der Waals surface area contributed by atoms with Crippen molar-refractivity contribution in [1.82, 2.24) is 9.78 Å². The van der Waals surface area contributed by atoms with E-state index in [1.54, 1.807) is 12.1 Å². The van der Waals surface area contributed by atoms with E-state index in [9.17, 15) is 4.79 Å². The lowest BCUT2D eigenvalue weighted by molar-refractivity contribution is -0.117. The third-order valence-electron chi connectivity index (χ3n) is 3.05. The molecule has 0 aliphatic heterocycles. The van der Waals surface area contributed by atoms with Crippen LogP contribution in [0.25, 0.3) is 0 Å². The van der Waals surface area contributed by atoms with E-state index in [1.807, 2.05) is 30.7 Å². The molecule has 2 rings (SSSR count). The zero-order chi connectivity index (χ0) is 14.7. The molecule has 0 atom stereocenters. The highest BCUT2D eigenvalue weighted by Crippen LogP contribution is 2.23. The van der Waals surface area contributed by atoms with E-state index in [2.05, 4.69) is 5.10 Å². The Kier molecular flexibility index (Phi) is 4.84.